The number of nitrogens with two attached hydrogens (primary N) is 1. The van der Waals surface area contributed by atoms with Crippen molar-refractivity contribution in [2.45, 2.75) is 5.03 Å². The molecule has 1 aromatic carbocycles. The maximum absolute atomic E-state index is 11.0. The summed E-state index contributed by atoms with van der Waals surface area (Å²) in [5.74, 6) is -0.0559. The molecule has 0 atom stereocenters. The topological polar surface area (TPSA) is 105 Å². The Morgan fingerprint density at radius 3 is 2.60 bits per heavy atom. The molecule has 7 heteroatoms. The van der Waals surface area contributed by atoms with Crippen molar-refractivity contribution in [2.75, 3.05) is 11.6 Å². The number of anilines is 2. The normalized spacial score (nSPS) is 9.80. The molecule has 1 aromatic heterocycles. The van der Waals surface area contributed by atoms with Crippen LogP contribution >= 0.6 is 11.8 Å². The lowest BCUT2D eigenvalue weighted by Gasteiger charge is -2.08. The van der Waals surface area contributed by atoms with E-state index in [9.17, 15) is 10.1 Å². The molecule has 2 aromatic rings. The average Bonchev–Trinajstić information content (AvgIpc) is 2.47. The molecule has 0 radical (unpaired) electrons. The lowest BCUT2D eigenvalue weighted by molar-refractivity contribution is 0.100. The standard InChI is InChI=1S/C13H11N5OS/c1-20-13-10(6-14)12(16-7-17-13)18-9-4-2-8(3-5-9)11(15)19/h2-5,7H,1H3,(H2,15,19)(H,16,17,18). The van der Waals surface area contributed by atoms with Gasteiger partial charge in [0.15, 0.2) is 5.82 Å². The molecule has 0 aliphatic carbocycles. The molecular weight excluding hydrogens is 274 g/mol. The fourth-order valence-corrected chi connectivity index (χ4v) is 2.07. The first-order chi connectivity index (χ1) is 9.65. The minimum atomic E-state index is -0.485. The molecule has 0 fully saturated rings. The number of primary amides is 1. The summed E-state index contributed by atoms with van der Waals surface area (Å²) in [5, 5.41) is 12.8. The van der Waals surface area contributed by atoms with E-state index in [0.29, 0.717) is 27.7 Å². The van der Waals surface area contributed by atoms with Crippen LogP contribution in [0.15, 0.2) is 35.6 Å². The van der Waals surface area contributed by atoms with Crippen LogP contribution in [-0.4, -0.2) is 22.1 Å². The van der Waals surface area contributed by atoms with Crippen LogP contribution in [0.3, 0.4) is 0 Å². The van der Waals surface area contributed by atoms with Gasteiger partial charge in [0.1, 0.15) is 23.0 Å². The van der Waals surface area contributed by atoms with Crippen molar-refractivity contribution < 1.29 is 4.79 Å². The second kappa shape index (κ2) is 6.04. The van der Waals surface area contributed by atoms with Crippen LogP contribution in [-0.2, 0) is 0 Å². The van der Waals surface area contributed by atoms with Crippen LogP contribution in [0.5, 0.6) is 0 Å². The van der Waals surface area contributed by atoms with Gasteiger partial charge < -0.3 is 11.1 Å². The lowest BCUT2D eigenvalue weighted by Crippen LogP contribution is -2.10. The third kappa shape index (κ3) is 2.87. The Labute approximate surface area is 120 Å². The monoisotopic (exact) mass is 285 g/mol. The Kier molecular flexibility index (Phi) is 4.17. The highest BCUT2D eigenvalue weighted by Gasteiger charge is 2.10. The van der Waals surface area contributed by atoms with Gasteiger partial charge >= 0.3 is 0 Å². The maximum Gasteiger partial charge on any atom is 0.248 e. The number of amides is 1. The average molecular weight is 285 g/mol. The zero-order chi connectivity index (χ0) is 14.5. The number of hydrogen-bond acceptors (Lipinski definition) is 6. The number of aromatic nitrogens is 2. The van der Waals surface area contributed by atoms with E-state index in [1.54, 1.807) is 24.3 Å². The third-order valence-electron chi connectivity index (χ3n) is 2.55. The molecule has 0 bridgehead atoms. The van der Waals surface area contributed by atoms with Gasteiger partial charge in [0, 0.05) is 11.3 Å². The number of thioether (sulfide) groups is 1. The van der Waals surface area contributed by atoms with Crippen molar-refractivity contribution >= 4 is 29.2 Å². The zero-order valence-electron chi connectivity index (χ0n) is 10.6. The summed E-state index contributed by atoms with van der Waals surface area (Å²) >= 11 is 1.38. The molecule has 100 valence electrons. The van der Waals surface area contributed by atoms with Crippen LogP contribution in [0.2, 0.25) is 0 Å². The van der Waals surface area contributed by atoms with E-state index in [0.717, 1.165) is 0 Å². The van der Waals surface area contributed by atoms with Gasteiger partial charge in [0.2, 0.25) is 5.91 Å². The van der Waals surface area contributed by atoms with E-state index in [1.807, 2.05) is 6.26 Å². The minimum absolute atomic E-state index is 0.388. The molecule has 2 rings (SSSR count). The van der Waals surface area contributed by atoms with E-state index >= 15 is 0 Å². The number of carbonyl (C=O) groups excluding carboxylic acids is 1. The van der Waals surface area contributed by atoms with Crippen LogP contribution < -0.4 is 11.1 Å². The maximum atomic E-state index is 11.0. The molecule has 0 unspecified atom stereocenters. The minimum Gasteiger partial charge on any atom is -0.366 e. The number of nitrogens with one attached hydrogen (secondary N) is 1. The predicted molar refractivity (Wildman–Crippen MR) is 76.8 cm³/mol. The molecule has 3 N–H and O–H groups in total. The van der Waals surface area contributed by atoms with E-state index in [4.69, 9.17) is 5.73 Å². The largest absolute Gasteiger partial charge is 0.366 e. The second-order valence-corrected chi connectivity index (χ2v) is 4.58. The summed E-state index contributed by atoms with van der Waals surface area (Å²) in [7, 11) is 0. The summed E-state index contributed by atoms with van der Waals surface area (Å²) in [5.41, 5.74) is 6.69. The molecule has 0 aliphatic heterocycles. The highest BCUT2D eigenvalue weighted by atomic mass is 32.2. The van der Waals surface area contributed by atoms with Crippen LogP contribution in [0, 0.1) is 11.3 Å². The highest BCUT2D eigenvalue weighted by molar-refractivity contribution is 7.98. The van der Waals surface area contributed by atoms with Gasteiger partial charge in [-0.25, -0.2) is 9.97 Å². The molecular formula is C13H11N5OS. The molecule has 0 saturated heterocycles. The van der Waals surface area contributed by atoms with E-state index in [1.165, 1.54) is 18.1 Å². The fourth-order valence-electron chi connectivity index (χ4n) is 1.57. The smallest absolute Gasteiger partial charge is 0.248 e. The Bertz CT molecular complexity index is 678. The molecule has 0 aliphatic rings. The highest BCUT2D eigenvalue weighted by Crippen LogP contribution is 2.24. The Morgan fingerprint density at radius 2 is 2.05 bits per heavy atom. The van der Waals surface area contributed by atoms with Crippen LogP contribution in [0.25, 0.3) is 0 Å². The van der Waals surface area contributed by atoms with Gasteiger partial charge in [0.05, 0.1) is 0 Å². The Hall–Kier alpha value is -2.59. The van der Waals surface area contributed by atoms with Crippen molar-refractivity contribution in [1.82, 2.24) is 9.97 Å². The van der Waals surface area contributed by atoms with Gasteiger partial charge in [-0.15, -0.1) is 11.8 Å². The summed E-state index contributed by atoms with van der Waals surface area (Å²) < 4.78 is 0. The van der Waals surface area contributed by atoms with Gasteiger partial charge in [-0.2, -0.15) is 5.26 Å². The van der Waals surface area contributed by atoms with Gasteiger partial charge in [-0.05, 0) is 30.5 Å². The number of nitriles is 1. The molecule has 20 heavy (non-hydrogen) atoms. The zero-order valence-corrected chi connectivity index (χ0v) is 11.4. The van der Waals surface area contributed by atoms with E-state index < -0.39 is 5.91 Å². The number of hydrogen-bond donors (Lipinski definition) is 2. The van der Waals surface area contributed by atoms with Crippen LogP contribution in [0.1, 0.15) is 15.9 Å². The molecule has 1 heterocycles. The number of benzene rings is 1. The van der Waals surface area contributed by atoms with Crippen molar-refractivity contribution in [3.63, 3.8) is 0 Å². The quantitative estimate of drug-likeness (QED) is 0.656. The lowest BCUT2D eigenvalue weighted by atomic mass is 10.2. The first-order valence-corrected chi connectivity index (χ1v) is 6.84. The Morgan fingerprint density at radius 1 is 1.35 bits per heavy atom. The summed E-state index contributed by atoms with van der Waals surface area (Å²) in [6.45, 7) is 0. The summed E-state index contributed by atoms with van der Waals surface area (Å²) in [4.78, 5) is 19.1. The first kappa shape index (κ1) is 13.8. The van der Waals surface area contributed by atoms with Crippen molar-refractivity contribution in [3.05, 3.63) is 41.7 Å². The summed E-state index contributed by atoms with van der Waals surface area (Å²) in [6, 6.07) is 8.68. The summed E-state index contributed by atoms with van der Waals surface area (Å²) in [6.07, 6.45) is 3.24. The van der Waals surface area contributed by atoms with E-state index in [2.05, 4.69) is 21.4 Å². The number of rotatable bonds is 4. The van der Waals surface area contributed by atoms with E-state index in [-0.39, 0.29) is 0 Å². The number of carbonyl (C=O) groups is 1. The predicted octanol–water partition coefficient (Wildman–Crippen LogP) is 1.91. The SMILES string of the molecule is CSc1ncnc(Nc2ccc(C(N)=O)cc2)c1C#N. The van der Waals surface area contributed by atoms with Crippen molar-refractivity contribution in [1.29, 1.82) is 5.26 Å². The van der Waals surface area contributed by atoms with Crippen molar-refractivity contribution in [2.24, 2.45) is 5.73 Å². The number of nitrogens with zero attached hydrogens (tertiary/aromatic N) is 3. The molecule has 6 nitrogen and oxygen atoms in total. The van der Waals surface area contributed by atoms with Gasteiger partial charge in [-0.3, -0.25) is 4.79 Å². The van der Waals surface area contributed by atoms with Crippen LogP contribution in [0.4, 0.5) is 11.5 Å². The van der Waals surface area contributed by atoms with Gasteiger partial charge in [0.25, 0.3) is 0 Å². The molecule has 0 spiro atoms. The Balaban J connectivity index is 2.30. The second-order valence-electron chi connectivity index (χ2n) is 3.78. The third-order valence-corrected chi connectivity index (χ3v) is 3.25. The first-order valence-electron chi connectivity index (χ1n) is 5.61. The van der Waals surface area contributed by atoms with Gasteiger partial charge in [-0.1, -0.05) is 0 Å². The van der Waals surface area contributed by atoms with Crippen molar-refractivity contribution in [3.8, 4) is 6.07 Å². The molecule has 1 amide bonds. The fraction of sp³-hybridized carbons (Fsp3) is 0.0769. The molecule has 0 saturated carbocycles.